The van der Waals surface area contributed by atoms with Gasteiger partial charge in [0.2, 0.25) is 5.95 Å². The molecule has 198 valence electrons. The molecule has 0 radical (unpaired) electrons. The number of alkyl halides is 3. The number of aromatic nitrogens is 2. The van der Waals surface area contributed by atoms with Crippen LogP contribution in [0.25, 0.3) is 0 Å². The molecular weight excluding hydrogens is 483 g/mol. The van der Waals surface area contributed by atoms with Crippen molar-refractivity contribution < 1.29 is 18.0 Å². The number of anilines is 1. The lowest BCUT2D eigenvalue weighted by Crippen LogP contribution is -2.57. The molecule has 37 heavy (non-hydrogen) atoms. The van der Waals surface area contributed by atoms with Crippen molar-refractivity contribution in [1.29, 1.82) is 5.26 Å². The van der Waals surface area contributed by atoms with Crippen LogP contribution in [-0.4, -0.2) is 71.1 Å². The number of rotatable bonds is 6. The molecule has 8 nitrogen and oxygen atoms in total. The van der Waals surface area contributed by atoms with E-state index in [2.05, 4.69) is 26.3 Å². The van der Waals surface area contributed by atoms with Crippen LogP contribution in [0.3, 0.4) is 0 Å². The number of carbonyl (C=O) groups excluding carboxylic acids is 1. The van der Waals surface area contributed by atoms with E-state index in [9.17, 15) is 18.0 Å². The van der Waals surface area contributed by atoms with Crippen molar-refractivity contribution in [3.8, 4) is 6.07 Å². The first-order valence-electron chi connectivity index (χ1n) is 12.6. The third kappa shape index (κ3) is 7.10. The second kappa shape index (κ2) is 11.8. The first-order valence-corrected chi connectivity index (χ1v) is 12.6. The van der Waals surface area contributed by atoms with Gasteiger partial charge in [-0.1, -0.05) is 12.1 Å². The molecule has 2 aliphatic rings. The van der Waals surface area contributed by atoms with Crippen molar-refractivity contribution in [2.24, 2.45) is 5.92 Å². The zero-order valence-electron chi connectivity index (χ0n) is 20.9. The van der Waals surface area contributed by atoms with Gasteiger partial charge in [-0.05, 0) is 62.9 Å². The number of carbonyl (C=O) groups is 1. The lowest BCUT2D eigenvalue weighted by Gasteiger charge is -2.39. The SMILES string of the molecule is C[C@@H]1CN(c2ncc(C(F)(F)F)cn2)CCN1C(=O)NCCC1CCN(Cc2ccc(C#N)cc2)CC1. The van der Waals surface area contributed by atoms with Gasteiger partial charge in [0.1, 0.15) is 0 Å². The minimum Gasteiger partial charge on any atom is -0.338 e. The molecule has 0 unspecified atom stereocenters. The fourth-order valence-corrected chi connectivity index (χ4v) is 4.93. The maximum atomic E-state index is 12.8. The van der Waals surface area contributed by atoms with Gasteiger partial charge in [0.25, 0.3) is 0 Å². The lowest BCUT2D eigenvalue weighted by atomic mass is 9.93. The van der Waals surface area contributed by atoms with Crippen molar-refractivity contribution in [2.45, 2.75) is 44.9 Å². The average Bonchev–Trinajstić information content (AvgIpc) is 2.89. The summed E-state index contributed by atoms with van der Waals surface area (Å²) in [5, 5.41) is 12.0. The highest BCUT2D eigenvalue weighted by Crippen LogP contribution is 2.28. The fraction of sp³-hybridized carbons (Fsp3) is 0.538. The lowest BCUT2D eigenvalue weighted by molar-refractivity contribution is -0.138. The molecule has 1 aromatic carbocycles. The molecule has 2 fully saturated rings. The Morgan fingerprint density at radius 3 is 2.38 bits per heavy atom. The normalized spacial score (nSPS) is 19.5. The minimum absolute atomic E-state index is 0.112. The van der Waals surface area contributed by atoms with Gasteiger partial charge in [-0.15, -0.1) is 0 Å². The number of nitrogens with zero attached hydrogens (tertiary/aromatic N) is 6. The number of hydrogen-bond acceptors (Lipinski definition) is 6. The van der Waals surface area contributed by atoms with Crippen molar-refractivity contribution in [3.05, 3.63) is 53.3 Å². The first-order chi connectivity index (χ1) is 17.7. The Bertz CT molecular complexity index is 1080. The van der Waals surface area contributed by atoms with Crippen LogP contribution in [-0.2, 0) is 12.7 Å². The summed E-state index contributed by atoms with van der Waals surface area (Å²) in [5.41, 5.74) is 1.01. The number of hydrogen-bond donors (Lipinski definition) is 1. The van der Waals surface area contributed by atoms with Crippen LogP contribution in [0.4, 0.5) is 23.9 Å². The van der Waals surface area contributed by atoms with E-state index in [-0.39, 0.29) is 18.0 Å². The van der Waals surface area contributed by atoms with Crippen LogP contribution in [0.15, 0.2) is 36.7 Å². The summed E-state index contributed by atoms with van der Waals surface area (Å²) < 4.78 is 38.2. The summed E-state index contributed by atoms with van der Waals surface area (Å²) in [6.07, 6.45) is 0.242. The molecule has 1 aromatic heterocycles. The monoisotopic (exact) mass is 515 g/mol. The Morgan fingerprint density at radius 2 is 1.78 bits per heavy atom. The molecule has 1 N–H and O–H groups in total. The molecular formula is C26H32F3N7O. The Hall–Kier alpha value is -3.39. The molecule has 0 spiro atoms. The number of amides is 2. The van der Waals surface area contributed by atoms with Crippen molar-refractivity contribution in [2.75, 3.05) is 44.2 Å². The molecule has 0 aliphatic carbocycles. The number of nitrogens with one attached hydrogen (secondary N) is 1. The maximum absolute atomic E-state index is 12.8. The van der Waals surface area contributed by atoms with Crippen LogP contribution in [0, 0.1) is 17.2 Å². The molecule has 4 rings (SSSR count). The molecule has 2 aromatic rings. The largest absolute Gasteiger partial charge is 0.419 e. The molecule has 0 saturated carbocycles. The van der Waals surface area contributed by atoms with E-state index in [1.807, 2.05) is 31.2 Å². The van der Waals surface area contributed by atoms with Gasteiger partial charge in [0.05, 0.1) is 17.2 Å². The summed E-state index contributed by atoms with van der Waals surface area (Å²) in [4.78, 5) is 26.5. The van der Waals surface area contributed by atoms with Crippen molar-refractivity contribution in [1.82, 2.24) is 25.1 Å². The third-order valence-electron chi connectivity index (χ3n) is 7.16. The van der Waals surface area contributed by atoms with Crippen LogP contribution in [0.1, 0.15) is 42.9 Å². The smallest absolute Gasteiger partial charge is 0.338 e. The van der Waals surface area contributed by atoms with Gasteiger partial charge < -0.3 is 15.1 Å². The van der Waals surface area contributed by atoms with Gasteiger partial charge in [-0.25, -0.2) is 14.8 Å². The summed E-state index contributed by atoms with van der Waals surface area (Å²) in [6, 6.07) is 9.64. The van der Waals surface area contributed by atoms with E-state index in [0.29, 0.717) is 37.7 Å². The molecule has 0 bridgehead atoms. The number of piperazine rings is 1. The second-order valence-electron chi connectivity index (χ2n) is 9.81. The molecule has 2 saturated heterocycles. The summed E-state index contributed by atoms with van der Waals surface area (Å²) in [5.74, 6) is 0.814. The zero-order chi connectivity index (χ0) is 26.4. The van der Waals surface area contributed by atoms with Gasteiger partial charge in [-0.2, -0.15) is 18.4 Å². The molecule has 2 aliphatic heterocycles. The van der Waals surface area contributed by atoms with Crippen molar-refractivity contribution in [3.63, 3.8) is 0 Å². The second-order valence-corrected chi connectivity index (χ2v) is 9.81. The number of halogens is 3. The molecule has 3 heterocycles. The van der Waals surface area contributed by atoms with E-state index < -0.39 is 11.7 Å². The topological polar surface area (TPSA) is 88.4 Å². The van der Waals surface area contributed by atoms with Crippen LogP contribution in [0.5, 0.6) is 0 Å². The van der Waals surface area contributed by atoms with E-state index in [0.717, 1.165) is 51.3 Å². The Morgan fingerprint density at radius 1 is 1.11 bits per heavy atom. The summed E-state index contributed by atoms with van der Waals surface area (Å²) in [7, 11) is 0. The Labute approximate surface area is 215 Å². The van der Waals surface area contributed by atoms with Gasteiger partial charge in [0.15, 0.2) is 0 Å². The van der Waals surface area contributed by atoms with Crippen molar-refractivity contribution >= 4 is 12.0 Å². The van der Waals surface area contributed by atoms with Crippen LogP contribution >= 0.6 is 0 Å². The van der Waals surface area contributed by atoms with Gasteiger partial charge in [0, 0.05) is 51.2 Å². The first kappa shape index (κ1) is 26.7. The zero-order valence-corrected chi connectivity index (χ0v) is 20.9. The highest BCUT2D eigenvalue weighted by atomic mass is 19.4. The Balaban J connectivity index is 1.15. The predicted molar refractivity (Wildman–Crippen MR) is 133 cm³/mol. The van der Waals surface area contributed by atoms with Gasteiger partial charge >= 0.3 is 12.2 Å². The number of urea groups is 1. The Kier molecular flexibility index (Phi) is 8.48. The number of piperidine rings is 1. The number of benzene rings is 1. The quantitative estimate of drug-likeness (QED) is 0.628. The third-order valence-corrected chi connectivity index (χ3v) is 7.16. The molecule has 1 atom stereocenters. The minimum atomic E-state index is -4.47. The molecule has 2 amide bonds. The van der Waals surface area contributed by atoms with E-state index >= 15 is 0 Å². The summed E-state index contributed by atoms with van der Waals surface area (Å²) >= 11 is 0. The highest BCUT2D eigenvalue weighted by molar-refractivity contribution is 5.74. The number of likely N-dealkylation sites (tertiary alicyclic amines) is 1. The van der Waals surface area contributed by atoms with Crippen LogP contribution in [0.2, 0.25) is 0 Å². The molecule has 11 heteroatoms. The van der Waals surface area contributed by atoms with E-state index in [1.54, 1.807) is 9.80 Å². The fourth-order valence-electron chi connectivity index (χ4n) is 4.93. The van der Waals surface area contributed by atoms with E-state index in [4.69, 9.17) is 5.26 Å². The van der Waals surface area contributed by atoms with Crippen LogP contribution < -0.4 is 10.2 Å². The average molecular weight is 516 g/mol. The summed E-state index contributed by atoms with van der Waals surface area (Å²) in [6.45, 7) is 6.82. The van der Waals surface area contributed by atoms with Gasteiger partial charge in [-0.3, -0.25) is 4.90 Å². The number of nitriles is 1. The highest BCUT2D eigenvalue weighted by Gasteiger charge is 2.33. The predicted octanol–water partition coefficient (Wildman–Crippen LogP) is 3.89. The van der Waals surface area contributed by atoms with E-state index in [1.165, 1.54) is 5.56 Å². The standard InChI is InChI=1S/C26H32F3N7O/c1-19-17-35(24-32-15-23(16-33-24)26(27,28)29)12-13-36(19)25(37)31-9-6-20-7-10-34(11-8-20)18-22-4-2-21(14-30)3-5-22/h2-5,15-16,19-20H,6-13,17-18H2,1H3,(H,31,37)/t19-/m1/s1. The maximum Gasteiger partial charge on any atom is 0.419 e.